The number of hydrogen-bond donors (Lipinski definition) is 0. The van der Waals surface area contributed by atoms with Gasteiger partial charge in [-0.2, -0.15) is 36.5 Å². The quantitative estimate of drug-likeness (QED) is 0.124. The summed E-state index contributed by atoms with van der Waals surface area (Å²) in [4.78, 5) is 19.5. The number of rotatable bonds is 6. The van der Waals surface area contributed by atoms with Gasteiger partial charge in [-0.3, -0.25) is 4.79 Å². The predicted molar refractivity (Wildman–Crippen MR) is 212 cm³/mol. The Hall–Kier alpha value is -7.29. The van der Waals surface area contributed by atoms with Crippen LogP contribution < -0.4 is 9.80 Å². The molecule has 2 aliphatic rings. The lowest BCUT2D eigenvalue weighted by Crippen LogP contribution is -2.23. The third kappa shape index (κ3) is 6.51. The zero-order chi connectivity index (χ0) is 41.3. The highest BCUT2D eigenvalue weighted by Gasteiger charge is 2.35. The van der Waals surface area contributed by atoms with E-state index in [0.29, 0.717) is 48.9 Å². The molecule has 0 spiro atoms. The molecule has 9 nitrogen and oxygen atoms in total. The van der Waals surface area contributed by atoms with E-state index in [4.69, 9.17) is 0 Å². The molecule has 0 radical (unpaired) electrons. The highest BCUT2D eigenvalue weighted by Crippen LogP contribution is 2.42. The molecule has 6 heterocycles. The topological polar surface area (TPSA) is 69.1 Å². The molecule has 15 heteroatoms. The first kappa shape index (κ1) is 37.0. The summed E-state index contributed by atoms with van der Waals surface area (Å²) in [6, 6.07) is 34.8. The van der Waals surface area contributed by atoms with Crippen molar-refractivity contribution in [3.05, 3.63) is 191 Å². The number of alkyl halides is 6. The Balaban J connectivity index is 1.18. The van der Waals surface area contributed by atoms with Gasteiger partial charge in [-0.1, -0.05) is 36.4 Å². The number of carbonyl (C=O) groups excluding carboxylic acids is 1. The predicted octanol–water partition coefficient (Wildman–Crippen LogP) is 10.3. The van der Waals surface area contributed by atoms with Crippen molar-refractivity contribution in [2.24, 2.45) is 0 Å². The minimum absolute atomic E-state index is 0.246. The summed E-state index contributed by atoms with van der Waals surface area (Å²) in [5.74, 6) is -0.416. The Morgan fingerprint density at radius 2 is 0.900 bits per heavy atom. The molecule has 0 fully saturated rings. The number of fused-ring (bicyclic) bond motifs is 4. The molecule has 0 unspecified atom stereocenters. The molecule has 2 aliphatic heterocycles. The molecule has 0 atom stereocenters. The number of hydrogen-bond acceptors (Lipinski definition) is 5. The molecule has 300 valence electrons. The van der Waals surface area contributed by atoms with Gasteiger partial charge in [0.05, 0.1) is 35.8 Å². The first-order valence-electron chi connectivity index (χ1n) is 19.0. The molecule has 10 rings (SSSR count). The summed E-state index contributed by atoms with van der Waals surface area (Å²) >= 11 is 0. The Labute approximate surface area is 338 Å². The van der Waals surface area contributed by atoms with Crippen molar-refractivity contribution in [1.82, 2.24) is 28.7 Å². The zero-order valence-corrected chi connectivity index (χ0v) is 31.4. The average molecular weight is 815 g/mol. The maximum absolute atomic E-state index is 15.5. The number of halogens is 6. The summed E-state index contributed by atoms with van der Waals surface area (Å²) < 4.78 is 88.9. The van der Waals surface area contributed by atoms with E-state index < -0.39 is 29.5 Å². The normalized spacial score (nSPS) is 13.9. The van der Waals surface area contributed by atoms with Crippen molar-refractivity contribution in [3.63, 3.8) is 0 Å². The van der Waals surface area contributed by atoms with E-state index in [9.17, 15) is 26.3 Å². The molecule has 4 aromatic heterocycles. The molecular weight excluding hydrogens is 783 g/mol. The van der Waals surface area contributed by atoms with Crippen LogP contribution in [0, 0.1) is 0 Å². The number of carbonyl (C=O) groups is 1. The fourth-order valence-corrected chi connectivity index (χ4v) is 8.14. The molecule has 0 amide bonds. The summed E-state index contributed by atoms with van der Waals surface area (Å²) in [6.45, 7) is 1.75. The Morgan fingerprint density at radius 3 is 1.32 bits per heavy atom. The monoisotopic (exact) mass is 814 g/mol. The highest BCUT2D eigenvalue weighted by molar-refractivity contribution is 6.16. The van der Waals surface area contributed by atoms with E-state index in [1.54, 1.807) is 36.4 Å². The number of nitrogens with zero attached hydrogens (tertiary/aromatic N) is 8. The smallest absolute Gasteiger partial charge is 0.345 e. The molecule has 0 N–H and O–H groups in total. The van der Waals surface area contributed by atoms with Crippen LogP contribution in [-0.4, -0.2) is 34.5 Å². The van der Waals surface area contributed by atoms with E-state index in [1.165, 1.54) is 12.4 Å². The van der Waals surface area contributed by atoms with E-state index in [-0.39, 0.29) is 11.1 Å². The van der Waals surface area contributed by atoms with Crippen molar-refractivity contribution in [3.8, 4) is 11.4 Å². The Morgan fingerprint density at radius 1 is 0.467 bits per heavy atom. The van der Waals surface area contributed by atoms with E-state index in [0.717, 1.165) is 55.4 Å². The second-order valence-corrected chi connectivity index (χ2v) is 14.7. The van der Waals surface area contributed by atoms with Gasteiger partial charge in [0, 0.05) is 71.8 Å². The minimum Gasteiger partial charge on any atom is -0.345 e. The van der Waals surface area contributed by atoms with Crippen LogP contribution in [0.1, 0.15) is 49.8 Å². The fraction of sp³-hybridized carbons (Fsp3) is 0.133. The zero-order valence-electron chi connectivity index (χ0n) is 31.4. The molecule has 0 saturated carbocycles. The summed E-state index contributed by atoms with van der Waals surface area (Å²) in [5, 5.41) is 7.67. The second-order valence-electron chi connectivity index (χ2n) is 14.7. The first-order valence-corrected chi connectivity index (χ1v) is 19.0. The standard InChI is InChI=1S/C45H32F6N8O/c46-44(47,48)41-17-21-58(52-41)31-13-15-35(39(23-31)56-27-33-9-5-19-54(33)25-29-7-1-3-11-37(29)56)43(60)36-16-14-32(59-22-18-42(53-59)45(49,50)51)24-40(36)57-28-34-10-6-20-55(34)26-30-8-2-4-12-38(30)57/h1-24H,25-28H2. The lowest BCUT2D eigenvalue weighted by Gasteiger charge is -2.29. The number of ketones is 1. The molecule has 0 aliphatic carbocycles. The Bertz CT molecular complexity index is 2740. The third-order valence-corrected chi connectivity index (χ3v) is 11.1. The van der Waals surface area contributed by atoms with Crippen LogP contribution in [0.5, 0.6) is 0 Å². The molecular formula is C45H32F6N8O. The van der Waals surface area contributed by atoms with Crippen LogP contribution in [-0.2, 0) is 38.5 Å². The second kappa shape index (κ2) is 13.9. The maximum atomic E-state index is 15.5. The van der Waals surface area contributed by atoms with Gasteiger partial charge < -0.3 is 18.9 Å². The lowest BCUT2D eigenvalue weighted by molar-refractivity contribution is -0.142. The molecule has 60 heavy (non-hydrogen) atoms. The fourth-order valence-electron chi connectivity index (χ4n) is 8.14. The van der Waals surface area contributed by atoms with Crippen molar-refractivity contribution < 1.29 is 31.1 Å². The van der Waals surface area contributed by atoms with Gasteiger partial charge in [0.1, 0.15) is 0 Å². The largest absolute Gasteiger partial charge is 0.435 e. The van der Waals surface area contributed by atoms with Crippen molar-refractivity contribution >= 4 is 28.5 Å². The summed E-state index contributed by atoms with van der Waals surface area (Å²) in [7, 11) is 0. The van der Waals surface area contributed by atoms with E-state index >= 15 is 4.79 Å². The lowest BCUT2D eigenvalue weighted by atomic mass is 9.96. The maximum Gasteiger partial charge on any atom is 0.435 e. The molecule has 4 aromatic carbocycles. The van der Waals surface area contributed by atoms with Crippen molar-refractivity contribution in [2.75, 3.05) is 9.80 Å². The number of anilines is 4. The summed E-state index contributed by atoms with van der Waals surface area (Å²) in [5.41, 5.74) is 5.23. The van der Waals surface area contributed by atoms with Crippen LogP contribution in [0.4, 0.5) is 49.1 Å². The number of aromatic nitrogens is 6. The summed E-state index contributed by atoms with van der Waals surface area (Å²) in [6.07, 6.45) is -2.93. The molecule has 8 aromatic rings. The van der Waals surface area contributed by atoms with Gasteiger partial charge in [-0.15, -0.1) is 0 Å². The SMILES string of the molecule is O=C(c1ccc(-n2ccc(C(F)(F)F)n2)cc1N1Cc2cccn2Cc2ccccc21)c1ccc(-n2ccc(C(F)(F)F)n2)cc1N1Cc2cccn2Cc2ccccc21. The van der Waals surface area contributed by atoms with Gasteiger partial charge >= 0.3 is 12.4 Å². The number of para-hydroxylation sites is 2. The van der Waals surface area contributed by atoms with Gasteiger partial charge in [-0.05, 0) is 96.1 Å². The van der Waals surface area contributed by atoms with E-state index in [1.807, 2.05) is 95.0 Å². The minimum atomic E-state index is -4.67. The van der Waals surface area contributed by atoms with Gasteiger partial charge in [0.2, 0.25) is 0 Å². The van der Waals surface area contributed by atoms with Crippen LogP contribution in [0.15, 0.2) is 146 Å². The van der Waals surface area contributed by atoms with Crippen LogP contribution in [0.3, 0.4) is 0 Å². The van der Waals surface area contributed by atoms with E-state index in [2.05, 4.69) is 19.3 Å². The first-order chi connectivity index (χ1) is 28.9. The highest BCUT2D eigenvalue weighted by atomic mass is 19.4. The van der Waals surface area contributed by atoms with Crippen molar-refractivity contribution in [2.45, 2.75) is 38.5 Å². The van der Waals surface area contributed by atoms with Crippen LogP contribution >= 0.6 is 0 Å². The average Bonchev–Trinajstić information content (AvgIpc) is 4.06. The molecule has 0 bridgehead atoms. The molecule has 0 saturated heterocycles. The third-order valence-electron chi connectivity index (χ3n) is 11.1. The van der Waals surface area contributed by atoms with Crippen LogP contribution in [0.25, 0.3) is 11.4 Å². The van der Waals surface area contributed by atoms with Crippen molar-refractivity contribution in [1.29, 1.82) is 0 Å². The van der Waals surface area contributed by atoms with Crippen LogP contribution in [0.2, 0.25) is 0 Å². The number of benzene rings is 4. The Kier molecular flexibility index (Phi) is 8.59. The van der Waals surface area contributed by atoms with Gasteiger partial charge in [0.25, 0.3) is 0 Å². The van der Waals surface area contributed by atoms with Gasteiger partial charge in [-0.25, -0.2) is 9.36 Å². The van der Waals surface area contributed by atoms with Gasteiger partial charge in [0.15, 0.2) is 17.2 Å².